The van der Waals surface area contributed by atoms with Crippen molar-refractivity contribution in [2.75, 3.05) is 0 Å². The molecule has 2 N–H and O–H groups in total. The molecule has 1 atom stereocenters. The van der Waals surface area contributed by atoms with Crippen LogP contribution in [0, 0.1) is 0 Å². The van der Waals surface area contributed by atoms with Gasteiger partial charge in [-0.25, -0.2) is 8.42 Å². The molecule has 2 rings (SSSR count). The first-order valence-corrected chi connectivity index (χ1v) is 7.02. The molecule has 1 saturated carbocycles. The monoisotopic (exact) mass is 259 g/mol. The average Bonchev–Trinajstić information content (AvgIpc) is 2.98. The Morgan fingerprint density at radius 3 is 2.19 bits per heavy atom. The molecule has 0 aliphatic heterocycles. The zero-order valence-corrected chi connectivity index (χ0v) is 10.6. The number of halogens is 1. The lowest BCUT2D eigenvalue weighted by atomic mass is 10.2. The molecule has 0 bridgehead atoms. The molecule has 5 heteroatoms. The Morgan fingerprint density at radius 1 is 1.31 bits per heavy atom. The van der Waals surface area contributed by atoms with Gasteiger partial charge in [0.2, 0.25) is 0 Å². The maximum atomic E-state index is 12.3. The second kappa shape index (κ2) is 3.72. The lowest BCUT2D eigenvalue weighted by molar-refractivity contribution is 0.554. The molecule has 0 aromatic heterocycles. The van der Waals surface area contributed by atoms with Crippen molar-refractivity contribution in [1.29, 1.82) is 0 Å². The van der Waals surface area contributed by atoms with Crippen molar-refractivity contribution in [3.8, 4) is 0 Å². The molecule has 1 unspecified atom stereocenters. The van der Waals surface area contributed by atoms with Crippen molar-refractivity contribution in [2.24, 2.45) is 5.73 Å². The predicted octanol–water partition coefficient (Wildman–Crippen LogP) is 1.99. The van der Waals surface area contributed by atoms with E-state index in [-0.39, 0.29) is 6.04 Å². The number of hydrogen-bond acceptors (Lipinski definition) is 3. The Kier molecular flexibility index (Phi) is 2.77. The zero-order chi connectivity index (χ0) is 12.0. The van der Waals surface area contributed by atoms with Gasteiger partial charge in [-0.05, 0) is 44.0 Å². The van der Waals surface area contributed by atoms with Crippen LogP contribution >= 0.6 is 11.6 Å². The summed E-state index contributed by atoms with van der Waals surface area (Å²) in [5.41, 5.74) is 5.78. The Hall–Kier alpha value is -0.580. The van der Waals surface area contributed by atoms with Crippen LogP contribution in [-0.2, 0) is 9.84 Å². The van der Waals surface area contributed by atoms with E-state index in [1.54, 1.807) is 31.2 Å². The summed E-state index contributed by atoms with van der Waals surface area (Å²) in [6.07, 6.45) is 1.30. The second-order valence-corrected chi connectivity index (χ2v) is 7.04. The van der Waals surface area contributed by atoms with E-state index in [0.29, 0.717) is 22.8 Å². The zero-order valence-electron chi connectivity index (χ0n) is 8.98. The predicted molar refractivity (Wildman–Crippen MR) is 64.3 cm³/mol. The van der Waals surface area contributed by atoms with Gasteiger partial charge < -0.3 is 5.73 Å². The molecule has 1 aliphatic carbocycles. The van der Waals surface area contributed by atoms with Crippen LogP contribution in [0.5, 0.6) is 0 Å². The summed E-state index contributed by atoms with van der Waals surface area (Å²) in [6.45, 7) is 1.75. The standard InChI is InChI=1S/C11H14ClNO2S/c1-8(13)11(6-7-11)16(14,15)10-4-2-9(12)3-5-10/h2-5,8H,6-7,13H2,1H3. The maximum absolute atomic E-state index is 12.3. The topological polar surface area (TPSA) is 60.2 Å². The lowest BCUT2D eigenvalue weighted by Crippen LogP contribution is -2.40. The first-order valence-electron chi connectivity index (χ1n) is 5.16. The summed E-state index contributed by atoms with van der Waals surface area (Å²) in [4.78, 5) is 0.312. The van der Waals surface area contributed by atoms with Crippen LogP contribution in [0.3, 0.4) is 0 Å². The molecule has 0 radical (unpaired) electrons. The van der Waals surface area contributed by atoms with Crippen LogP contribution in [0.1, 0.15) is 19.8 Å². The Morgan fingerprint density at radius 2 is 1.81 bits per heavy atom. The quantitative estimate of drug-likeness (QED) is 0.903. The highest BCUT2D eigenvalue weighted by molar-refractivity contribution is 7.93. The van der Waals surface area contributed by atoms with Crippen molar-refractivity contribution in [1.82, 2.24) is 0 Å². The van der Waals surface area contributed by atoms with Gasteiger partial charge in [-0.15, -0.1) is 0 Å². The number of nitrogens with two attached hydrogens (primary N) is 1. The minimum Gasteiger partial charge on any atom is -0.327 e. The maximum Gasteiger partial charge on any atom is 0.185 e. The van der Waals surface area contributed by atoms with E-state index in [1.807, 2.05) is 0 Å². The van der Waals surface area contributed by atoms with Crippen molar-refractivity contribution in [3.05, 3.63) is 29.3 Å². The molecule has 0 spiro atoms. The minimum absolute atomic E-state index is 0.312. The first-order chi connectivity index (χ1) is 7.40. The molecule has 1 fully saturated rings. The van der Waals surface area contributed by atoms with Crippen LogP contribution in [0.15, 0.2) is 29.2 Å². The van der Waals surface area contributed by atoms with Gasteiger partial charge in [-0.3, -0.25) is 0 Å². The summed E-state index contributed by atoms with van der Waals surface area (Å²) >= 11 is 5.73. The third-order valence-electron chi connectivity index (χ3n) is 3.23. The summed E-state index contributed by atoms with van der Waals surface area (Å²) < 4.78 is 23.9. The van der Waals surface area contributed by atoms with Crippen LogP contribution in [-0.4, -0.2) is 19.2 Å². The summed E-state index contributed by atoms with van der Waals surface area (Å²) in [7, 11) is -3.33. The van der Waals surface area contributed by atoms with E-state index in [9.17, 15) is 8.42 Å². The third kappa shape index (κ3) is 1.65. The lowest BCUT2D eigenvalue weighted by Gasteiger charge is -2.20. The number of hydrogen-bond donors (Lipinski definition) is 1. The van der Waals surface area contributed by atoms with Gasteiger partial charge in [0.05, 0.1) is 9.64 Å². The highest BCUT2D eigenvalue weighted by Crippen LogP contribution is 2.48. The van der Waals surface area contributed by atoms with Crippen LogP contribution in [0.25, 0.3) is 0 Å². The SMILES string of the molecule is CC(N)C1(S(=O)(=O)c2ccc(Cl)cc2)CC1. The van der Waals surface area contributed by atoms with Gasteiger partial charge in [0.25, 0.3) is 0 Å². The number of benzene rings is 1. The van der Waals surface area contributed by atoms with Crippen molar-refractivity contribution < 1.29 is 8.42 Å². The third-order valence-corrected chi connectivity index (χ3v) is 6.23. The Bertz CT molecular complexity index is 489. The largest absolute Gasteiger partial charge is 0.327 e. The molecule has 88 valence electrons. The van der Waals surface area contributed by atoms with Gasteiger partial charge >= 0.3 is 0 Å². The van der Waals surface area contributed by atoms with Crippen LogP contribution in [0.4, 0.5) is 0 Å². The van der Waals surface area contributed by atoms with E-state index in [1.165, 1.54) is 0 Å². The molecule has 16 heavy (non-hydrogen) atoms. The van der Waals surface area contributed by atoms with Crippen molar-refractivity contribution in [2.45, 2.75) is 35.4 Å². The number of rotatable bonds is 3. The number of sulfone groups is 1. The average molecular weight is 260 g/mol. The van der Waals surface area contributed by atoms with Gasteiger partial charge in [-0.1, -0.05) is 11.6 Å². The fourth-order valence-corrected chi connectivity index (χ4v) is 4.16. The van der Waals surface area contributed by atoms with Gasteiger partial charge in [0.15, 0.2) is 9.84 Å². The van der Waals surface area contributed by atoms with E-state index < -0.39 is 14.6 Å². The van der Waals surface area contributed by atoms with Crippen molar-refractivity contribution in [3.63, 3.8) is 0 Å². The second-order valence-electron chi connectivity index (χ2n) is 4.31. The molecule has 1 aromatic carbocycles. The first kappa shape index (κ1) is 11.9. The Labute approximate surface area is 101 Å². The van der Waals surface area contributed by atoms with Crippen molar-refractivity contribution >= 4 is 21.4 Å². The van der Waals surface area contributed by atoms with E-state index in [4.69, 9.17) is 17.3 Å². The molecule has 0 saturated heterocycles. The van der Waals surface area contributed by atoms with E-state index in [2.05, 4.69) is 0 Å². The molecular formula is C11H14ClNO2S. The van der Waals surface area contributed by atoms with Crippen LogP contribution in [0.2, 0.25) is 5.02 Å². The fourth-order valence-electron chi connectivity index (χ4n) is 1.94. The van der Waals surface area contributed by atoms with Gasteiger partial charge in [-0.2, -0.15) is 0 Å². The van der Waals surface area contributed by atoms with E-state index >= 15 is 0 Å². The molecule has 0 amide bonds. The molecule has 1 aromatic rings. The minimum atomic E-state index is -3.33. The van der Waals surface area contributed by atoms with Gasteiger partial charge in [0.1, 0.15) is 0 Å². The molecule has 3 nitrogen and oxygen atoms in total. The highest BCUT2D eigenvalue weighted by atomic mass is 35.5. The Balaban J connectivity index is 2.44. The van der Waals surface area contributed by atoms with Crippen LogP contribution < -0.4 is 5.73 Å². The summed E-state index contributed by atoms with van der Waals surface area (Å²) in [5, 5.41) is 0.532. The fraction of sp³-hybridized carbons (Fsp3) is 0.455. The normalized spacial score (nSPS) is 20.4. The molecular weight excluding hydrogens is 246 g/mol. The van der Waals surface area contributed by atoms with E-state index in [0.717, 1.165) is 0 Å². The molecule has 0 heterocycles. The summed E-state index contributed by atoms with van der Waals surface area (Å²) in [6, 6.07) is 5.92. The highest BCUT2D eigenvalue weighted by Gasteiger charge is 2.57. The molecule has 1 aliphatic rings. The smallest absolute Gasteiger partial charge is 0.185 e. The summed E-state index contributed by atoms with van der Waals surface area (Å²) in [5.74, 6) is 0. The van der Waals surface area contributed by atoms with Gasteiger partial charge in [0, 0.05) is 11.1 Å².